The van der Waals surface area contributed by atoms with Gasteiger partial charge in [0.1, 0.15) is 11.5 Å². The van der Waals surface area contributed by atoms with Gasteiger partial charge in [-0.3, -0.25) is 0 Å². The molecule has 1 N–H and O–H groups in total. The Balaban J connectivity index is 2.03. The third-order valence-corrected chi connectivity index (χ3v) is 3.55. The minimum Gasteiger partial charge on any atom is -0.497 e. The maximum Gasteiger partial charge on any atom is 0.118 e. The van der Waals surface area contributed by atoms with E-state index in [0.717, 1.165) is 50.3 Å². The van der Waals surface area contributed by atoms with Crippen LogP contribution < -0.4 is 10.1 Å². The second kappa shape index (κ2) is 7.95. The second-order valence-corrected chi connectivity index (χ2v) is 5.16. The largest absolute Gasteiger partial charge is 0.497 e. The summed E-state index contributed by atoms with van der Waals surface area (Å²) in [6.45, 7) is 4.05. The molecule has 1 aromatic carbocycles. The number of methoxy groups -OCH3 is 1. The molecule has 1 heterocycles. The Kier molecular flexibility index (Phi) is 5.93. The molecule has 0 spiro atoms. The van der Waals surface area contributed by atoms with Crippen LogP contribution in [0, 0.1) is 0 Å². The molecule has 2 rings (SSSR count). The second-order valence-electron chi connectivity index (χ2n) is 5.16. The van der Waals surface area contributed by atoms with E-state index in [9.17, 15) is 0 Å². The topological polar surface area (TPSA) is 30.5 Å². The maximum absolute atomic E-state index is 5.83. The molecule has 0 aliphatic carbocycles. The summed E-state index contributed by atoms with van der Waals surface area (Å²) < 4.78 is 11.0. The summed E-state index contributed by atoms with van der Waals surface area (Å²) in [5, 5.41) is 3.59. The number of benzene rings is 1. The molecule has 1 atom stereocenters. The Morgan fingerprint density at radius 2 is 2.10 bits per heavy atom. The third-order valence-electron chi connectivity index (χ3n) is 3.55. The molecule has 0 bridgehead atoms. The first-order valence-electron chi connectivity index (χ1n) is 7.52. The van der Waals surface area contributed by atoms with Gasteiger partial charge < -0.3 is 14.8 Å². The molecule has 1 aromatic rings. The Morgan fingerprint density at radius 3 is 2.70 bits per heavy atom. The lowest BCUT2D eigenvalue weighted by Crippen LogP contribution is -2.35. The van der Waals surface area contributed by atoms with Gasteiger partial charge >= 0.3 is 0 Å². The number of ether oxygens (including phenoxy) is 2. The van der Waals surface area contributed by atoms with Gasteiger partial charge in [-0.15, -0.1) is 0 Å². The van der Waals surface area contributed by atoms with Crippen molar-refractivity contribution in [3.63, 3.8) is 0 Å². The molecule has 0 saturated carbocycles. The fourth-order valence-corrected chi connectivity index (χ4v) is 2.41. The summed E-state index contributed by atoms with van der Waals surface area (Å²) in [5.41, 5.74) is 1.30. The molecule has 20 heavy (non-hydrogen) atoms. The third kappa shape index (κ3) is 4.27. The first kappa shape index (κ1) is 14.9. The van der Waals surface area contributed by atoms with E-state index in [-0.39, 0.29) is 6.04 Å². The molecule has 1 aliphatic heterocycles. The minimum atomic E-state index is 0.281. The Hall–Kier alpha value is -1.48. The smallest absolute Gasteiger partial charge is 0.118 e. The summed E-state index contributed by atoms with van der Waals surface area (Å²) in [4.78, 5) is 0. The lowest BCUT2D eigenvalue weighted by Gasteiger charge is -2.25. The quantitative estimate of drug-likeness (QED) is 0.828. The van der Waals surface area contributed by atoms with Gasteiger partial charge in [-0.2, -0.15) is 0 Å². The van der Waals surface area contributed by atoms with Crippen molar-refractivity contribution < 1.29 is 9.47 Å². The normalized spacial score (nSPS) is 16.2. The zero-order valence-corrected chi connectivity index (χ0v) is 12.5. The van der Waals surface area contributed by atoms with E-state index in [0.29, 0.717) is 0 Å². The van der Waals surface area contributed by atoms with Gasteiger partial charge in [-0.25, -0.2) is 0 Å². The van der Waals surface area contributed by atoms with Crippen LogP contribution in [0.15, 0.2) is 36.1 Å². The van der Waals surface area contributed by atoms with E-state index < -0.39 is 0 Å². The van der Waals surface area contributed by atoms with Crippen LogP contribution in [-0.2, 0) is 11.2 Å². The number of nitrogens with one attached hydrogen (secondary N) is 1. The molecule has 0 fully saturated rings. The maximum atomic E-state index is 5.83. The molecule has 0 saturated heterocycles. The van der Waals surface area contributed by atoms with Gasteiger partial charge in [0.05, 0.1) is 19.8 Å². The van der Waals surface area contributed by atoms with Crippen molar-refractivity contribution in [1.29, 1.82) is 0 Å². The van der Waals surface area contributed by atoms with Crippen LogP contribution in [0.4, 0.5) is 0 Å². The van der Waals surface area contributed by atoms with Crippen molar-refractivity contribution in [1.82, 2.24) is 5.32 Å². The highest BCUT2D eigenvalue weighted by Crippen LogP contribution is 2.19. The highest BCUT2D eigenvalue weighted by Gasteiger charge is 2.17. The minimum absolute atomic E-state index is 0.281. The Bertz CT molecular complexity index is 425. The highest BCUT2D eigenvalue weighted by molar-refractivity contribution is 5.28. The molecule has 0 amide bonds. The Morgan fingerprint density at radius 1 is 1.30 bits per heavy atom. The van der Waals surface area contributed by atoms with Crippen molar-refractivity contribution in [3.8, 4) is 5.75 Å². The van der Waals surface area contributed by atoms with Gasteiger partial charge in [0.2, 0.25) is 0 Å². The van der Waals surface area contributed by atoms with Crippen LogP contribution in [0.1, 0.15) is 31.7 Å². The van der Waals surface area contributed by atoms with E-state index in [1.54, 1.807) is 7.11 Å². The summed E-state index contributed by atoms with van der Waals surface area (Å²) in [6, 6.07) is 8.57. The monoisotopic (exact) mass is 275 g/mol. The summed E-state index contributed by atoms with van der Waals surface area (Å²) in [7, 11) is 1.70. The Labute approximate surface area is 122 Å². The lowest BCUT2D eigenvalue weighted by atomic mass is 10.0. The summed E-state index contributed by atoms with van der Waals surface area (Å²) >= 11 is 0. The van der Waals surface area contributed by atoms with Crippen LogP contribution in [-0.4, -0.2) is 26.3 Å². The van der Waals surface area contributed by atoms with Crippen LogP contribution in [0.5, 0.6) is 5.75 Å². The summed E-state index contributed by atoms with van der Waals surface area (Å²) in [6.07, 6.45) is 6.58. The zero-order chi connectivity index (χ0) is 14.2. The van der Waals surface area contributed by atoms with E-state index in [1.807, 2.05) is 12.1 Å². The van der Waals surface area contributed by atoms with Gasteiger partial charge in [0.15, 0.2) is 0 Å². The molecule has 1 unspecified atom stereocenters. The first-order chi connectivity index (χ1) is 9.83. The highest BCUT2D eigenvalue weighted by atomic mass is 16.5. The fraction of sp³-hybridized carbons (Fsp3) is 0.529. The van der Waals surface area contributed by atoms with E-state index in [2.05, 4.69) is 30.4 Å². The molecular formula is C17H25NO2. The predicted octanol–water partition coefficient (Wildman–Crippen LogP) is 3.30. The zero-order valence-electron chi connectivity index (χ0n) is 12.5. The lowest BCUT2D eigenvalue weighted by molar-refractivity contribution is 0.167. The number of hydrogen-bond acceptors (Lipinski definition) is 3. The molecule has 0 aromatic heterocycles. The average molecular weight is 275 g/mol. The molecule has 1 aliphatic rings. The van der Waals surface area contributed by atoms with Crippen LogP contribution >= 0.6 is 0 Å². The van der Waals surface area contributed by atoms with Gasteiger partial charge in [-0.05, 0) is 56.0 Å². The molecule has 110 valence electrons. The fourth-order valence-electron chi connectivity index (χ4n) is 2.41. The molecule has 3 heteroatoms. The van der Waals surface area contributed by atoms with Crippen molar-refractivity contribution in [3.05, 3.63) is 41.7 Å². The van der Waals surface area contributed by atoms with Crippen LogP contribution in [0.25, 0.3) is 0 Å². The van der Waals surface area contributed by atoms with E-state index in [1.165, 1.54) is 5.56 Å². The number of allylic oxidation sites excluding steroid dienone is 1. The van der Waals surface area contributed by atoms with Crippen LogP contribution in [0.2, 0.25) is 0 Å². The predicted molar refractivity (Wildman–Crippen MR) is 82.0 cm³/mol. The van der Waals surface area contributed by atoms with Crippen molar-refractivity contribution in [2.75, 3.05) is 20.3 Å². The van der Waals surface area contributed by atoms with E-state index in [4.69, 9.17) is 9.47 Å². The van der Waals surface area contributed by atoms with Gasteiger partial charge in [0.25, 0.3) is 0 Å². The standard InChI is InChI=1S/C17H25NO2/c1-3-11-18-16(17-6-4-5-12-20-17)13-14-7-9-15(19-2)10-8-14/h6-10,16,18H,3-5,11-13H2,1-2H3. The number of rotatable bonds is 7. The van der Waals surface area contributed by atoms with E-state index >= 15 is 0 Å². The number of hydrogen-bond donors (Lipinski definition) is 1. The van der Waals surface area contributed by atoms with Crippen molar-refractivity contribution in [2.24, 2.45) is 0 Å². The first-order valence-corrected chi connectivity index (χ1v) is 7.52. The van der Waals surface area contributed by atoms with Crippen molar-refractivity contribution >= 4 is 0 Å². The van der Waals surface area contributed by atoms with Gasteiger partial charge in [-0.1, -0.05) is 19.1 Å². The van der Waals surface area contributed by atoms with Crippen molar-refractivity contribution in [2.45, 2.75) is 38.6 Å². The molecule has 3 nitrogen and oxygen atoms in total. The summed E-state index contributed by atoms with van der Waals surface area (Å²) in [5.74, 6) is 2.01. The SMILES string of the molecule is CCCNC(Cc1ccc(OC)cc1)C1=CCCCO1. The molecule has 0 radical (unpaired) electrons. The molecular weight excluding hydrogens is 250 g/mol. The average Bonchev–Trinajstić information content (AvgIpc) is 2.53. The van der Waals surface area contributed by atoms with Crippen LogP contribution in [0.3, 0.4) is 0 Å². The van der Waals surface area contributed by atoms with Gasteiger partial charge in [0, 0.05) is 0 Å².